The molecule has 0 atom stereocenters. The molecule has 0 spiro atoms. The Kier molecular flexibility index (Phi) is 4.35. The van der Waals surface area contributed by atoms with E-state index < -0.39 is 8.07 Å². The molecule has 2 heteroatoms. The van der Waals surface area contributed by atoms with E-state index in [1.54, 1.807) is 0 Å². The van der Waals surface area contributed by atoms with Crippen molar-refractivity contribution < 1.29 is 5.11 Å². The van der Waals surface area contributed by atoms with Crippen molar-refractivity contribution in [3.05, 3.63) is 71.4 Å². The van der Waals surface area contributed by atoms with E-state index in [-0.39, 0.29) is 6.61 Å². The third-order valence-electron chi connectivity index (χ3n) is 3.37. The number of rotatable bonds is 4. The minimum Gasteiger partial charge on any atom is -0.392 e. The fraction of sp³-hybridized carbons (Fsp3) is 0.176. The Morgan fingerprint density at radius 3 is 2.26 bits per heavy atom. The Morgan fingerprint density at radius 2 is 1.58 bits per heavy atom. The van der Waals surface area contributed by atoms with Gasteiger partial charge >= 0.3 is 0 Å². The summed E-state index contributed by atoms with van der Waals surface area (Å²) in [6.45, 7) is 4.73. The molecular weight excluding hydrogens is 248 g/mol. The van der Waals surface area contributed by atoms with Crippen LogP contribution in [0.5, 0.6) is 0 Å². The molecule has 0 aromatic heterocycles. The molecule has 0 amide bonds. The first-order valence-electron chi connectivity index (χ1n) is 6.57. The van der Waals surface area contributed by atoms with E-state index in [2.05, 4.69) is 61.3 Å². The zero-order chi connectivity index (χ0) is 13.7. The third-order valence-corrected chi connectivity index (χ3v) is 6.25. The van der Waals surface area contributed by atoms with Crippen LogP contribution >= 0.6 is 0 Å². The van der Waals surface area contributed by atoms with Crippen molar-refractivity contribution in [1.82, 2.24) is 0 Å². The molecule has 0 saturated carbocycles. The first-order valence-corrected chi connectivity index (χ1v) is 9.65. The van der Waals surface area contributed by atoms with E-state index in [1.807, 2.05) is 18.2 Å². The predicted molar refractivity (Wildman–Crippen MR) is 85.0 cm³/mol. The van der Waals surface area contributed by atoms with Crippen LogP contribution in [0.25, 0.3) is 6.08 Å². The largest absolute Gasteiger partial charge is 0.392 e. The van der Waals surface area contributed by atoms with Crippen molar-refractivity contribution >= 4 is 19.3 Å². The summed E-state index contributed by atoms with van der Waals surface area (Å²) in [6.07, 6.45) is 2.19. The average molecular weight is 268 g/mol. The normalized spacial score (nSPS) is 11.9. The first kappa shape index (κ1) is 13.8. The van der Waals surface area contributed by atoms with Gasteiger partial charge in [0.25, 0.3) is 0 Å². The predicted octanol–water partition coefficient (Wildman–Crippen LogP) is 3.35. The molecule has 0 aliphatic heterocycles. The maximum Gasteiger partial charge on any atom is 0.104 e. The lowest BCUT2D eigenvalue weighted by molar-refractivity contribution is 0.283. The zero-order valence-electron chi connectivity index (χ0n) is 11.5. The second-order valence-electron chi connectivity index (χ2n) is 5.28. The van der Waals surface area contributed by atoms with Crippen molar-refractivity contribution in [2.24, 2.45) is 0 Å². The highest BCUT2D eigenvalue weighted by Crippen LogP contribution is 2.12. The van der Waals surface area contributed by atoms with Gasteiger partial charge in [-0.2, -0.15) is 0 Å². The topological polar surface area (TPSA) is 20.2 Å². The Labute approximate surface area is 116 Å². The summed E-state index contributed by atoms with van der Waals surface area (Å²) in [4.78, 5) is 0. The van der Waals surface area contributed by atoms with Crippen LogP contribution < -0.4 is 5.19 Å². The fourth-order valence-electron chi connectivity index (χ4n) is 2.25. The van der Waals surface area contributed by atoms with E-state index >= 15 is 0 Å². The highest BCUT2D eigenvalue weighted by Gasteiger charge is 2.22. The highest BCUT2D eigenvalue weighted by molar-refractivity contribution is 6.94. The molecule has 0 aliphatic rings. The fourth-order valence-corrected chi connectivity index (χ4v) is 4.55. The maximum absolute atomic E-state index is 9.47. The molecule has 1 N–H and O–H groups in total. The quantitative estimate of drug-likeness (QED) is 0.843. The van der Waals surface area contributed by atoms with Crippen LogP contribution in [-0.4, -0.2) is 13.2 Å². The molecule has 0 bridgehead atoms. The lowest BCUT2D eigenvalue weighted by Crippen LogP contribution is -2.41. The lowest BCUT2D eigenvalue weighted by atomic mass is 10.2. The molecule has 2 aromatic carbocycles. The summed E-state index contributed by atoms with van der Waals surface area (Å²) in [5, 5.41) is 10.8. The highest BCUT2D eigenvalue weighted by atomic mass is 28.3. The van der Waals surface area contributed by atoms with Crippen molar-refractivity contribution in [3.8, 4) is 0 Å². The van der Waals surface area contributed by atoms with Gasteiger partial charge in [-0.25, -0.2) is 0 Å². The first-order chi connectivity index (χ1) is 9.13. The molecular formula is C17H20OSi. The van der Waals surface area contributed by atoms with Crippen LogP contribution in [0.15, 0.2) is 60.3 Å². The Hall–Kier alpha value is -1.64. The molecule has 0 saturated heterocycles. The summed E-state index contributed by atoms with van der Waals surface area (Å²) in [6, 6.07) is 18.6. The Balaban J connectivity index is 2.30. The summed E-state index contributed by atoms with van der Waals surface area (Å²) < 4.78 is 0. The number of aliphatic hydroxyl groups excluding tert-OH is 1. The number of hydrogen-bond donors (Lipinski definition) is 1. The average Bonchev–Trinajstić information content (AvgIpc) is 2.46. The van der Waals surface area contributed by atoms with Crippen LogP contribution in [-0.2, 0) is 6.61 Å². The minimum absolute atomic E-state index is 0.117. The van der Waals surface area contributed by atoms with E-state index in [4.69, 9.17) is 0 Å². The molecule has 0 radical (unpaired) electrons. The molecule has 2 aromatic rings. The van der Waals surface area contributed by atoms with Gasteiger partial charge in [0.15, 0.2) is 0 Å². The summed E-state index contributed by atoms with van der Waals surface area (Å²) >= 11 is 0. The molecule has 0 fully saturated rings. The van der Waals surface area contributed by atoms with Crippen LogP contribution in [0.2, 0.25) is 13.1 Å². The monoisotopic (exact) mass is 268 g/mol. The Bertz CT molecular complexity index is 558. The van der Waals surface area contributed by atoms with Crippen molar-refractivity contribution in [2.75, 3.05) is 0 Å². The van der Waals surface area contributed by atoms with E-state index in [9.17, 15) is 5.11 Å². The SMILES string of the molecule is C[Si](C)(/C=C/c1ccccc1)c1ccccc1CO. The smallest absolute Gasteiger partial charge is 0.104 e. The maximum atomic E-state index is 9.47. The summed E-state index contributed by atoms with van der Waals surface area (Å²) in [5.74, 6) is 0. The van der Waals surface area contributed by atoms with E-state index in [0.29, 0.717) is 0 Å². The van der Waals surface area contributed by atoms with Crippen molar-refractivity contribution in [3.63, 3.8) is 0 Å². The molecule has 2 rings (SSSR count). The van der Waals surface area contributed by atoms with E-state index in [1.165, 1.54) is 10.8 Å². The van der Waals surface area contributed by atoms with Gasteiger partial charge in [-0.1, -0.05) is 79.5 Å². The van der Waals surface area contributed by atoms with Gasteiger partial charge in [0, 0.05) is 0 Å². The van der Waals surface area contributed by atoms with Gasteiger partial charge < -0.3 is 5.11 Å². The molecule has 0 aliphatic carbocycles. The van der Waals surface area contributed by atoms with Gasteiger partial charge in [-0.3, -0.25) is 0 Å². The van der Waals surface area contributed by atoms with Crippen LogP contribution in [0, 0.1) is 0 Å². The third kappa shape index (κ3) is 3.43. The lowest BCUT2D eigenvalue weighted by Gasteiger charge is -2.21. The van der Waals surface area contributed by atoms with Gasteiger partial charge in [-0.15, -0.1) is 0 Å². The van der Waals surface area contributed by atoms with Gasteiger partial charge in [0.1, 0.15) is 8.07 Å². The molecule has 0 unspecified atom stereocenters. The number of aliphatic hydroxyl groups is 1. The van der Waals surface area contributed by atoms with E-state index in [0.717, 1.165) is 5.56 Å². The standard InChI is InChI=1S/C17H20OSi/c1-19(2,13-12-15-8-4-3-5-9-15)17-11-7-6-10-16(17)14-18/h3-13,18H,14H2,1-2H3/b13-12+. The number of benzene rings is 2. The van der Waals surface area contributed by atoms with Gasteiger partial charge in [-0.05, 0) is 16.3 Å². The Morgan fingerprint density at radius 1 is 0.947 bits per heavy atom. The molecule has 19 heavy (non-hydrogen) atoms. The molecule has 98 valence electrons. The van der Waals surface area contributed by atoms with Crippen molar-refractivity contribution in [2.45, 2.75) is 19.7 Å². The summed E-state index contributed by atoms with van der Waals surface area (Å²) in [7, 11) is -1.67. The van der Waals surface area contributed by atoms with Gasteiger partial charge in [0.05, 0.1) is 6.61 Å². The van der Waals surface area contributed by atoms with Crippen molar-refractivity contribution in [1.29, 1.82) is 0 Å². The number of hydrogen-bond acceptors (Lipinski definition) is 1. The van der Waals surface area contributed by atoms with Gasteiger partial charge in [0.2, 0.25) is 0 Å². The summed E-state index contributed by atoms with van der Waals surface area (Å²) in [5.41, 5.74) is 4.61. The molecule has 1 nitrogen and oxygen atoms in total. The minimum atomic E-state index is -1.67. The molecule has 0 heterocycles. The zero-order valence-corrected chi connectivity index (χ0v) is 12.5. The van der Waals surface area contributed by atoms with Crippen LogP contribution in [0.3, 0.4) is 0 Å². The van der Waals surface area contributed by atoms with Crippen LogP contribution in [0.1, 0.15) is 11.1 Å². The van der Waals surface area contributed by atoms with Crippen LogP contribution in [0.4, 0.5) is 0 Å². The second kappa shape index (κ2) is 6.00. The second-order valence-corrected chi connectivity index (χ2v) is 9.60.